The van der Waals surface area contributed by atoms with Crippen molar-refractivity contribution in [3.05, 3.63) is 59.5 Å². The third-order valence-electron chi connectivity index (χ3n) is 3.38. The number of carbonyl (C=O) groups excluding carboxylic acids is 1. The number of halogens is 1. The first-order chi connectivity index (χ1) is 10.9. The number of rotatable bonds is 6. The van der Waals surface area contributed by atoms with Gasteiger partial charge in [-0.1, -0.05) is 6.58 Å². The van der Waals surface area contributed by atoms with Crippen molar-refractivity contribution >= 4 is 12.0 Å². The molecule has 1 unspecified atom stereocenters. The first kappa shape index (κ1) is 16.7. The van der Waals surface area contributed by atoms with Crippen molar-refractivity contribution in [1.29, 1.82) is 0 Å². The van der Waals surface area contributed by atoms with Crippen molar-refractivity contribution in [1.82, 2.24) is 20.7 Å². The van der Waals surface area contributed by atoms with Crippen molar-refractivity contribution in [3.8, 4) is 0 Å². The van der Waals surface area contributed by atoms with Crippen LogP contribution in [0.3, 0.4) is 0 Å². The summed E-state index contributed by atoms with van der Waals surface area (Å²) in [6.45, 7) is 7.66. The van der Waals surface area contributed by atoms with Gasteiger partial charge in [-0.05, 0) is 26.0 Å². The van der Waals surface area contributed by atoms with Crippen LogP contribution in [0, 0.1) is 0 Å². The first-order valence-electron chi connectivity index (χ1n) is 7.08. The van der Waals surface area contributed by atoms with Crippen molar-refractivity contribution in [2.24, 2.45) is 0 Å². The normalized spacial score (nSPS) is 15.9. The molecule has 0 radical (unpaired) electrons. The Morgan fingerprint density at radius 3 is 3.00 bits per heavy atom. The van der Waals surface area contributed by atoms with E-state index in [-0.39, 0.29) is 12.1 Å². The number of hydrazine groups is 1. The third kappa shape index (κ3) is 3.75. The Kier molecular flexibility index (Phi) is 5.13. The third-order valence-corrected chi connectivity index (χ3v) is 3.38. The Labute approximate surface area is 134 Å². The molecule has 1 aliphatic heterocycles. The molecular formula is C16H19FN4O2. The number of nitrogens with zero attached hydrogens (tertiary/aromatic N) is 2. The number of nitrogens with one attached hydrogen (secondary N) is 2. The number of hydrogen-bond acceptors (Lipinski definition) is 5. The Morgan fingerprint density at radius 2 is 2.35 bits per heavy atom. The lowest BCUT2D eigenvalue weighted by atomic mass is 10.1. The molecule has 0 aromatic carbocycles. The molecule has 0 saturated heterocycles. The van der Waals surface area contributed by atoms with Crippen LogP contribution in [0.5, 0.6) is 0 Å². The quantitative estimate of drug-likeness (QED) is 0.426. The van der Waals surface area contributed by atoms with Gasteiger partial charge in [0.15, 0.2) is 0 Å². The van der Waals surface area contributed by atoms with Gasteiger partial charge in [0.1, 0.15) is 5.83 Å². The maximum Gasteiger partial charge on any atom is 0.255 e. The lowest BCUT2D eigenvalue weighted by Crippen LogP contribution is -2.49. The van der Waals surface area contributed by atoms with Crippen molar-refractivity contribution < 1.29 is 14.3 Å². The highest BCUT2D eigenvalue weighted by Gasteiger charge is 2.32. The lowest BCUT2D eigenvalue weighted by Gasteiger charge is -2.25. The minimum absolute atomic E-state index is 0.154. The SMILES string of the molecule is C=C(C)NNC(C)N1Cc2c(ccnc2/C=C(F)\C=C/O)C1=O. The number of aliphatic hydroxyl groups excluding tert-OH is 1. The summed E-state index contributed by atoms with van der Waals surface area (Å²) in [6, 6.07) is 1.62. The highest BCUT2D eigenvalue weighted by molar-refractivity contribution is 5.99. The van der Waals surface area contributed by atoms with Gasteiger partial charge in [0.05, 0.1) is 24.7 Å². The van der Waals surface area contributed by atoms with Gasteiger partial charge in [0.2, 0.25) is 0 Å². The van der Waals surface area contributed by atoms with Crippen molar-refractivity contribution in [3.63, 3.8) is 0 Å². The molecular weight excluding hydrogens is 299 g/mol. The van der Waals surface area contributed by atoms with E-state index >= 15 is 0 Å². The average molecular weight is 318 g/mol. The lowest BCUT2D eigenvalue weighted by molar-refractivity contribution is 0.0673. The summed E-state index contributed by atoms with van der Waals surface area (Å²) in [7, 11) is 0. The fourth-order valence-electron chi connectivity index (χ4n) is 2.26. The van der Waals surface area contributed by atoms with Gasteiger partial charge in [-0.15, -0.1) is 0 Å². The Balaban J connectivity index is 2.25. The number of fused-ring (bicyclic) bond motifs is 1. The number of hydrogen-bond donors (Lipinski definition) is 3. The molecule has 3 N–H and O–H groups in total. The fraction of sp³-hybridized carbons (Fsp3) is 0.250. The second kappa shape index (κ2) is 7.06. The molecule has 122 valence electrons. The summed E-state index contributed by atoms with van der Waals surface area (Å²) < 4.78 is 13.6. The Morgan fingerprint density at radius 1 is 1.61 bits per heavy atom. The molecule has 0 fully saturated rings. The molecule has 6 nitrogen and oxygen atoms in total. The predicted molar refractivity (Wildman–Crippen MR) is 85.5 cm³/mol. The fourth-order valence-corrected chi connectivity index (χ4v) is 2.26. The molecule has 0 aliphatic carbocycles. The van der Waals surface area contributed by atoms with Crippen LogP contribution in [-0.2, 0) is 6.54 Å². The topological polar surface area (TPSA) is 77.5 Å². The summed E-state index contributed by atoms with van der Waals surface area (Å²) in [5.74, 6) is -0.798. The van der Waals surface area contributed by atoms with Gasteiger partial charge in [-0.3, -0.25) is 9.78 Å². The van der Waals surface area contributed by atoms with Gasteiger partial charge in [-0.25, -0.2) is 9.82 Å². The van der Waals surface area contributed by atoms with E-state index in [2.05, 4.69) is 22.4 Å². The molecule has 1 aromatic heterocycles. The van der Waals surface area contributed by atoms with E-state index in [1.54, 1.807) is 17.9 Å². The largest absolute Gasteiger partial charge is 0.515 e. The molecule has 1 aromatic rings. The average Bonchev–Trinajstić information content (AvgIpc) is 2.84. The Hall–Kier alpha value is -2.67. The molecule has 1 aliphatic rings. The number of aromatic nitrogens is 1. The van der Waals surface area contributed by atoms with Crippen molar-refractivity contribution in [2.45, 2.75) is 26.6 Å². The van der Waals surface area contributed by atoms with Crippen molar-refractivity contribution in [2.75, 3.05) is 0 Å². The maximum atomic E-state index is 13.6. The summed E-state index contributed by atoms with van der Waals surface area (Å²) in [5, 5.41) is 8.60. The second-order valence-corrected chi connectivity index (χ2v) is 5.23. The van der Waals surface area contributed by atoms with Gasteiger partial charge in [0, 0.05) is 29.1 Å². The van der Waals surface area contributed by atoms with Crippen LogP contribution in [-0.4, -0.2) is 27.1 Å². The second-order valence-electron chi connectivity index (χ2n) is 5.23. The number of allylic oxidation sites excluding steroid dienone is 3. The zero-order valence-electron chi connectivity index (χ0n) is 13.0. The van der Waals surface area contributed by atoms with Crippen LogP contribution in [0.4, 0.5) is 4.39 Å². The van der Waals surface area contributed by atoms with Gasteiger partial charge >= 0.3 is 0 Å². The van der Waals surface area contributed by atoms with Crippen LogP contribution in [0.25, 0.3) is 6.08 Å². The minimum atomic E-state index is -0.644. The number of carbonyl (C=O) groups is 1. The number of aliphatic hydroxyl groups is 1. The maximum absolute atomic E-state index is 13.6. The molecule has 0 spiro atoms. The molecule has 0 saturated carbocycles. The van der Waals surface area contributed by atoms with Crippen LogP contribution in [0.2, 0.25) is 0 Å². The van der Waals surface area contributed by atoms with E-state index < -0.39 is 5.83 Å². The van der Waals surface area contributed by atoms with Gasteiger partial charge in [-0.2, -0.15) is 0 Å². The van der Waals surface area contributed by atoms with E-state index in [9.17, 15) is 9.18 Å². The summed E-state index contributed by atoms with van der Waals surface area (Å²) in [5.41, 5.74) is 8.09. The standard InChI is InChI=1S/C16H19FN4O2/c1-10(2)19-20-11(3)21-9-14-13(16(21)23)4-6-18-15(14)8-12(17)5-7-22/h4-8,11,19-20,22H,1,9H2,2-3H3/b7-5-,12-8+. The smallest absolute Gasteiger partial charge is 0.255 e. The predicted octanol–water partition coefficient (Wildman–Crippen LogP) is 2.39. The molecule has 7 heteroatoms. The van der Waals surface area contributed by atoms with E-state index in [0.717, 1.165) is 11.8 Å². The monoisotopic (exact) mass is 318 g/mol. The summed E-state index contributed by atoms with van der Waals surface area (Å²) in [6.07, 6.45) is 3.89. The Bertz CT molecular complexity index is 685. The first-order valence-corrected chi connectivity index (χ1v) is 7.08. The summed E-state index contributed by atoms with van der Waals surface area (Å²) in [4.78, 5) is 18.2. The van der Waals surface area contributed by atoms with E-state index in [1.165, 1.54) is 12.3 Å². The van der Waals surface area contributed by atoms with Crippen LogP contribution in [0.1, 0.15) is 35.5 Å². The molecule has 1 atom stereocenters. The zero-order chi connectivity index (χ0) is 17.0. The molecule has 23 heavy (non-hydrogen) atoms. The van der Waals surface area contributed by atoms with Gasteiger partial charge in [0.25, 0.3) is 5.91 Å². The van der Waals surface area contributed by atoms with Crippen LogP contribution in [0.15, 0.2) is 42.7 Å². The number of pyridine rings is 1. The van der Waals surface area contributed by atoms with Crippen LogP contribution < -0.4 is 10.9 Å². The highest BCUT2D eigenvalue weighted by Crippen LogP contribution is 2.27. The van der Waals surface area contributed by atoms with E-state index in [4.69, 9.17) is 5.11 Å². The van der Waals surface area contributed by atoms with E-state index in [0.29, 0.717) is 29.6 Å². The van der Waals surface area contributed by atoms with E-state index in [1.807, 2.05) is 6.92 Å². The molecule has 2 heterocycles. The van der Waals surface area contributed by atoms with Gasteiger partial charge < -0.3 is 15.4 Å². The molecule has 2 rings (SSSR count). The minimum Gasteiger partial charge on any atom is -0.515 e. The molecule has 0 bridgehead atoms. The number of amides is 1. The summed E-state index contributed by atoms with van der Waals surface area (Å²) >= 11 is 0. The zero-order valence-corrected chi connectivity index (χ0v) is 13.0. The van der Waals surface area contributed by atoms with Crippen LogP contribution >= 0.6 is 0 Å². The molecule has 1 amide bonds. The highest BCUT2D eigenvalue weighted by atomic mass is 19.1.